The van der Waals surface area contributed by atoms with Crippen LogP contribution in [0, 0.1) is 0 Å². The molecule has 15 heavy (non-hydrogen) atoms. The number of para-hydroxylation sites is 1. The first-order valence-electron chi connectivity index (χ1n) is 4.34. The number of carbonyl (C=O) groups is 1. The van der Waals surface area contributed by atoms with Crippen molar-refractivity contribution in [2.45, 2.75) is 13.0 Å². The Kier molecular flexibility index (Phi) is 4.76. The third kappa shape index (κ3) is 3.29. The van der Waals surface area contributed by atoms with Gasteiger partial charge in [0.25, 0.3) is 5.91 Å². The molecule has 3 nitrogen and oxygen atoms in total. The van der Waals surface area contributed by atoms with Crippen LogP contribution in [0.4, 0.5) is 5.69 Å². The van der Waals surface area contributed by atoms with E-state index in [1.54, 1.807) is 6.92 Å². The van der Waals surface area contributed by atoms with Crippen molar-refractivity contribution in [2.75, 3.05) is 12.4 Å². The van der Waals surface area contributed by atoms with Crippen LogP contribution in [-0.4, -0.2) is 19.1 Å². The van der Waals surface area contributed by atoms with Crippen molar-refractivity contribution in [1.82, 2.24) is 0 Å². The van der Waals surface area contributed by atoms with Gasteiger partial charge in [0.15, 0.2) is 0 Å². The standard InChI is InChI=1S/C10H11Br2NO2/c1-6(15-2)10(14)13-9-7(11)4-3-5-8(9)12/h3-6H,1-2H3,(H,13,14). The lowest BCUT2D eigenvalue weighted by atomic mass is 10.3. The maximum absolute atomic E-state index is 11.6. The number of nitrogens with one attached hydrogen (secondary N) is 1. The van der Waals surface area contributed by atoms with E-state index in [4.69, 9.17) is 4.74 Å². The van der Waals surface area contributed by atoms with Gasteiger partial charge in [-0.2, -0.15) is 0 Å². The van der Waals surface area contributed by atoms with Crippen molar-refractivity contribution in [2.24, 2.45) is 0 Å². The number of ether oxygens (including phenoxy) is 1. The van der Waals surface area contributed by atoms with Crippen molar-refractivity contribution in [3.05, 3.63) is 27.1 Å². The van der Waals surface area contributed by atoms with Crippen molar-refractivity contribution >= 4 is 43.5 Å². The highest BCUT2D eigenvalue weighted by Crippen LogP contribution is 2.30. The molecule has 1 rings (SSSR count). The second-order valence-electron chi connectivity index (χ2n) is 2.96. The van der Waals surface area contributed by atoms with Gasteiger partial charge in [-0.15, -0.1) is 0 Å². The minimum Gasteiger partial charge on any atom is -0.372 e. The molecule has 0 heterocycles. The van der Waals surface area contributed by atoms with Crippen LogP contribution >= 0.6 is 31.9 Å². The van der Waals surface area contributed by atoms with Crippen molar-refractivity contribution in [1.29, 1.82) is 0 Å². The van der Waals surface area contributed by atoms with Gasteiger partial charge in [-0.25, -0.2) is 0 Å². The first kappa shape index (κ1) is 12.7. The monoisotopic (exact) mass is 335 g/mol. The normalized spacial score (nSPS) is 12.3. The molecular formula is C10H11Br2NO2. The summed E-state index contributed by atoms with van der Waals surface area (Å²) in [6.45, 7) is 1.69. The average molecular weight is 337 g/mol. The van der Waals surface area contributed by atoms with E-state index in [0.29, 0.717) is 5.69 Å². The summed E-state index contributed by atoms with van der Waals surface area (Å²) in [5, 5.41) is 2.77. The molecule has 0 spiro atoms. The van der Waals surface area contributed by atoms with Gasteiger partial charge >= 0.3 is 0 Å². The molecule has 82 valence electrons. The summed E-state index contributed by atoms with van der Waals surface area (Å²) < 4.78 is 6.58. The first-order chi connectivity index (χ1) is 7.06. The quantitative estimate of drug-likeness (QED) is 0.920. The predicted octanol–water partition coefficient (Wildman–Crippen LogP) is 3.19. The number of carbonyl (C=O) groups excluding carboxylic acids is 1. The smallest absolute Gasteiger partial charge is 0.253 e. The fourth-order valence-corrected chi connectivity index (χ4v) is 2.15. The van der Waals surface area contributed by atoms with E-state index < -0.39 is 6.10 Å². The fraction of sp³-hybridized carbons (Fsp3) is 0.300. The molecule has 0 aliphatic heterocycles. The van der Waals surface area contributed by atoms with Crippen LogP contribution in [0.2, 0.25) is 0 Å². The number of hydrogen-bond acceptors (Lipinski definition) is 2. The molecule has 0 saturated carbocycles. The van der Waals surface area contributed by atoms with E-state index >= 15 is 0 Å². The largest absolute Gasteiger partial charge is 0.372 e. The zero-order valence-electron chi connectivity index (χ0n) is 8.38. The lowest BCUT2D eigenvalue weighted by Gasteiger charge is -2.12. The maximum Gasteiger partial charge on any atom is 0.253 e. The highest BCUT2D eigenvalue weighted by atomic mass is 79.9. The lowest BCUT2D eigenvalue weighted by Crippen LogP contribution is -2.26. The Balaban J connectivity index is 2.85. The molecule has 1 N–H and O–H groups in total. The van der Waals surface area contributed by atoms with E-state index in [0.717, 1.165) is 8.95 Å². The second-order valence-corrected chi connectivity index (χ2v) is 4.67. The Morgan fingerprint density at radius 2 is 1.93 bits per heavy atom. The predicted molar refractivity (Wildman–Crippen MR) is 66.9 cm³/mol. The number of hydrogen-bond donors (Lipinski definition) is 1. The summed E-state index contributed by atoms with van der Waals surface area (Å²) >= 11 is 6.72. The second kappa shape index (κ2) is 5.63. The summed E-state index contributed by atoms with van der Waals surface area (Å²) in [5.74, 6) is -0.176. The van der Waals surface area contributed by atoms with Crippen molar-refractivity contribution < 1.29 is 9.53 Å². The van der Waals surface area contributed by atoms with E-state index in [-0.39, 0.29) is 5.91 Å². The molecule has 0 bridgehead atoms. The number of benzene rings is 1. The van der Waals surface area contributed by atoms with Gasteiger partial charge in [-0.3, -0.25) is 4.79 Å². The van der Waals surface area contributed by atoms with Gasteiger partial charge < -0.3 is 10.1 Å². The van der Waals surface area contributed by atoms with Crippen LogP contribution in [0.15, 0.2) is 27.1 Å². The molecule has 1 unspecified atom stereocenters. The van der Waals surface area contributed by atoms with Gasteiger partial charge in [0.2, 0.25) is 0 Å². The number of methoxy groups -OCH3 is 1. The Bertz CT molecular complexity index is 348. The summed E-state index contributed by atoms with van der Waals surface area (Å²) in [5.41, 5.74) is 0.714. The number of anilines is 1. The lowest BCUT2D eigenvalue weighted by molar-refractivity contribution is -0.124. The van der Waals surface area contributed by atoms with E-state index in [9.17, 15) is 4.79 Å². The maximum atomic E-state index is 11.6. The van der Waals surface area contributed by atoms with E-state index in [1.807, 2.05) is 18.2 Å². The van der Waals surface area contributed by atoms with Gasteiger partial charge in [-0.1, -0.05) is 6.07 Å². The van der Waals surface area contributed by atoms with Crippen molar-refractivity contribution in [3.63, 3.8) is 0 Å². The molecule has 0 aromatic heterocycles. The van der Waals surface area contributed by atoms with Crippen molar-refractivity contribution in [3.8, 4) is 0 Å². The zero-order chi connectivity index (χ0) is 11.4. The van der Waals surface area contributed by atoms with Crippen LogP contribution in [0.5, 0.6) is 0 Å². The van der Waals surface area contributed by atoms with Crippen LogP contribution in [-0.2, 0) is 9.53 Å². The zero-order valence-corrected chi connectivity index (χ0v) is 11.6. The van der Waals surface area contributed by atoms with Crippen LogP contribution < -0.4 is 5.32 Å². The summed E-state index contributed by atoms with van der Waals surface area (Å²) in [4.78, 5) is 11.6. The highest BCUT2D eigenvalue weighted by Gasteiger charge is 2.14. The minimum atomic E-state index is -0.469. The number of rotatable bonds is 3. The van der Waals surface area contributed by atoms with Gasteiger partial charge in [0, 0.05) is 16.1 Å². The molecule has 0 saturated heterocycles. The first-order valence-corrected chi connectivity index (χ1v) is 5.92. The third-order valence-corrected chi connectivity index (χ3v) is 3.26. The molecule has 1 aromatic carbocycles. The molecule has 0 fully saturated rings. The molecule has 1 amide bonds. The van der Waals surface area contributed by atoms with Gasteiger partial charge in [-0.05, 0) is 50.9 Å². The summed E-state index contributed by atoms with van der Waals surface area (Å²) in [6.07, 6.45) is -0.469. The van der Waals surface area contributed by atoms with E-state index in [2.05, 4.69) is 37.2 Å². The van der Waals surface area contributed by atoms with Crippen LogP contribution in [0.1, 0.15) is 6.92 Å². The van der Waals surface area contributed by atoms with Crippen LogP contribution in [0.25, 0.3) is 0 Å². The minimum absolute atomic E-state index is 0.176. The Morgan fingerprint density at radius 1 is 1.40 bits per heavy atom. The molecule has 0 aliphatic carbocycles. The number of amides is 1. The molecule has 5 heteroatoms. The molecule has 1 atom stereocenters. The summed E-state index contributed by atoms with van der Waals surface area (Å²) in [6, 6.07) is 5.60. The Labute approximate surface area is 105 Å². The SMILES string of the molecule is COC(C)C(=O)Nc1c(Br)cccc1Br. The fourth-order valence-electron chi connectivity index (χ4n) is 0.949. The molecule has 0 aliphatic rings. The average Bonchev–Trinajstić information content (AvgIpc) is 2.22. The highest BCUT2D eigenvalue weighted by molar-refractivity contribution is 9.11. The Hall–Kier alpha value is -0.390. The van der Waals surface area contributed by atoms with E-state index in [1.165, 1.54) is 7.11 Å². The van der Waals surface area contributed by atoms with Gasteiger partial charge in [0.1, 0.15) is 6.10 Å². The Morgan fingerprint density at radius 3 is 2.40 bits per heavy atom. The number of halogens is 2. The molecule has 1 aromatic rings. The van der Waals surface area contributed by atoms with Gasteiger partial charge in [0.05, 0.1) is 5.69 Å². The molecule has 0 radical (unpaired) electrons. The topological polar surface area (TPSA) is 38.3 Å². The van der Waals surface area contributed by atoms with Crippen LogP contribution in [0.3, 0.4) is 0 Å². The molecular weight excluding hydrogens is 326 g/mol. The third-order valence-electron chi connectivity index (χ3n) is 1.93. The summed E-state index contributed by atoms with van der Waals surface area (Å²) in [7, 11) is 1.50.